The average molecular weight is 350 g/mol. The first kappa shape index (κ1) is 21.3. The molecule has 1 rings (SSSR count). The van der Waals surface area contributed by atoms with Crippen LogP contribution in [-0.2, 0) is 14.3 Å². The third-order valence-electron chi connectivity index (χ3n) is 4.15. The second-order valence-electron chi connectivity index (χ2n) is 7.01. The molecule has 3 atom stereocenters. The molecule has 1 fully saturated rings. The molecule has 1 saturated heterocycles. The van der Waals surface area contributed by atoms with Crippen LogP contribution < -0.4 is 0 Å². The maximum absolute atomic E-state index is 11.7. The molecule has 1 heterocycles. The Morgan fingerprint density at radius 1 is 1.08 bits per heavy atom. The molecular formula is C20H30O5. The van der Waals surface area contributed by atoms with E-state index in [4.69, 9.17) is 0 Å². The molecule has 140 valence electrons. The minimum Gasteiger partial charge on any atom is -0.433 e. The lowest BCUT2D eigenvalue weighted by Crippen LogP contribution is -2.26. The molecule has 0 radical (unpaired) electrons. The van der Waals surface area contributed by atoms with Gasteiger partial charge in [0.1, 0.15) is 6.10 Å². The zero-order chi connectivity index (χ0) is 19.0. The van der Waals surface area contributed by atoms with Crippen LogP contribution in [0.4, 0.5) is 0 Å². The van der Waals surface area contributed by atoms with Crippen LogP contribution in [0.2, 0.25) is 0 Å². The van der Waals surface area contributed by atoms with Crippen LogP contribution in [0.5, 0.6) is 0 Å². The Morgan fingerprint density at radius 2 is 1.72 bits per heavy atom. The van der Waals surface area contributed by atoms with Crippen molar-refractivity contribution in [3.05, 3.63) is 34.9 Å². The van der Waals surface area contributed by atoms with Gasteiger partial charge in [-0.05, 0) is 59.5 Å². The zero-order valence-electron chi connectivity index (χ0n) is 15.6. The second kappa shape index (κ2) is 10.3. The number of cyclic esters (lactones) is 1. The van der Waals surface area contributed by atoms with E-state index < -0.39 is 24.3 Å². The van der Waals surface area contributed by atoms with E-state index in [9.17, 15) is 19.8 Å². The minimum absolute atomic E-state index is 0.130. The van der Waals surface area contributed by atoms with Crippen LogP contribution in [0.25, 0.3) is 0 Å². The van der Waals surface area contributed by atoms with E-state index in [0.717, 1.165) is 24.0 Å². The van der Waals surface area contributed by atoms with E-state index in [1.807, 2.05) is 33.8 Å². The summed E-state index contributed by atoms with van der Waals surface area (Å²) in [6, 6.07) is 0. The molecule has 0 aliphatic carbocycles. The van der Waals surface area contributed by atoms with Crippen molar-refractivity contribution in [3.63, 3.8) is 0 Å². The maximum atomic E-state index is 11.7. The monoisotopic (exact) mass is 350 g/mol. The molecule has 0 aromatic heterocycles. The number of ketones is 1. The molecule has 1 aliphatic heterocycles. The highest BCUT2D eigenvalue weighted by atomic mass is 16.7. The first-order valence-corrected chi connectivity index (χ1v) is 8.76. The number of carbonyl (C=O) groups is 2. The normalized spacial score (nSPS) is 24.2. The van der Waals surface area contributed by atoms with Gasteiger partial charge in [-0.2, -0.15) is 0 Å². The van der Waals surface area contributed by atoms with Crippen molar-refractivity contribution in [2.75, 3.05) is 0 Å². The molecule has 0 bridgehead atoms. The summed E-state index contributed by atoms with van der Waals surface area (Å²) in [4.78, 5) is 23.2. The highest BCUT2D eigenvalue weighted by Crippen LogP contribution is 2.25. The SMILES string of the molecule is CC(C)=CC(=O)C/C(C)=C/CC/C(C)=C/CC[C@@H]1C(=O)O[C@@H](O)[C@@H]1O. The number of aliphatic hydroxyl groups is 2. The summed E-state index contributed by atoms with van der Waals surface area (Å²) in [5.74, 6) is -1.06. The Hall–Kier alpha value is -1.72. The highest BCUT2D eigenvalue weighted by Gasteiger charge is 2.41. The van der Waals surface area contributed by atoms with Crippen LogP contribution in [0.15, 0.2) is 34.9 Å². The van der Waals surface area contributed by atoms with Gasteiger partial charge in [-0.1, -0.05) is 28.9 Å². The lowest BCUT2D eigenvalue weighted by atomic mass is 9.97. The Bertz CT molecular complexity index is 567. The van der Waals surface area contributed by atoms with Crippen molar-refractivity contribution in [2.24, 2.45) is 5.92 Å². The van der Waals surface area contributed by atoms with E-state index >= 15 is 0 Å². The van der Waals surface area contributed by atoms with Crippen molar-refractivity contribution in [3.8, 4) is 0 Å². The van der Waals surface area contributed by atoms with Gasteiger partial charge in [0.25, 0.3) is 0 Å². The molecule has 0 aromatic carbocycles. The molecule has 0 spiro atoms. The van der Waals surface area contributed by atoms with E-state index in [2.05, 4.69) is 10.8 Å². The van der Waals surface area contributed by atoms with E-state index in [0.29, 0.717) is 19.3 Å². The van der Waals surface area contributed by atoms with Gasteiger partial charge >= 0.3 is 5.97 Å². The molecular weight excluding hydrogens is 320 g/mol. The van der Waals surface area contributed by atoms with Gasteiger partial charge in [-0.3, -0.25) is 9.59 Å². The summed E-state index contributed by atoms with van der Waals surface area (Å²) < 4.78 is 4.60. The average Bonchev–Trinajstić information content (AvgIpc) is 2.72. The molecule has 5 heteroatoms. The fourth-order valence-corrected chi connectivity index (χ4v) is 2.78. The van der Waals surface area contributed by atoms with E-state index in [1.165, 1.54) is 5.57 Å². The molecule has 0 saturated carbocycles. The summed E-state index contributed by atoms with van der Waals surface area (Å²) >= 11 is 0. The third-order valence-corrected chi connectivity index (χ3v) is 4.15. The van der Waals surface area contributed by atoms with E-state index in [-0.39, 0.29) is 5.78 Å². The summed E-state index contributed by atoms with van der Waals surface area (Å²) in [5, 5.41) is 18.9. The van der Waals surface area contributed by atoms with Gasteiger partial charge < -0.3 is 14.9 Å². The van der Waals surface area contributed by atoms with Crippen molar-refractivity contribution in [2.45, 2.75) is 72.2 Å². The van der Waals surface area contributed by atoms with Crippen molar-refractivity contribution in [1.29, 1.82) is 0 Å². The number of rotatable bonds is 9. The number of carbonyl (C=O) groups excluding carboxylic acids is 2. The molecule has 0 unspecified atom stereocenters. The van der Waals surface area contributed by atoms with Gasteiger partial charge in [0, 0.05) is 6.42 Å². The van der Waals surface area contributed by atoms with Gasteiger partial charge in [0.05, 0.1) is 5.92 Å². The first-order valence-electron chi connectivity index (χ1n) is 8.76. The topological polar surface area (TPSA) is 83.8 Å². The van der Waals surface area contributed by atoms with Crippen LogP contribution in [0, 0.1) is 5.92 Å². The number of aliphatic hydroxyl groups excluding tert-OH is 2. The smallest absolute Gasteiger partial charge is 0.314 e. The highest BCUT2D eigenvalue weighted by molar-refractivity contribution is 5.91. The minimum atomic E-state index is -1.40. The quantitative estimate of drug-likeness (QED) is 0.379. The fourth-order valence-electron chi connectivity index (χ4n) is 2.78. The summed E-state index contributed by atoms with van der Waals surface area (Å²) in [6.07, 6.45) is 6.58. The Balaban J connectivity index is 2.34. The van der Waals surface area contributed by atoms with Gasteiger partial charge in [0.2, 0.25) is 6.29 Å². The number of hydrogen-bond donors (Lipinski definition) is 2. The van der Waals surface area contributed by atoms with Gasteiger partial charge in [-0.25, -0.2) is 0 Å². The summed E-state index contributed by atoms with van der Waals surface area (Å²) in [5.41, 5.74) is 3.28. The molecule has 2 N–H and O–H groups in total. The van der Waals surface area contributed by atoms with Crippen LogP contribution in [0.1, 0.15) is 59.8 Å². The predicted molar refractivity (Wildman–Crippen MR) is 96.6 cm³/mol. The number of esters is 1. The Morgan fingerprint density at radius 3 is 2.28 bits per heavy atom. The summed E-state index contributed by atoms with van der Waals surface area (Å²) in [7, 11) is 0. The molecule has 1 aliphatic rings. The Labute approximate surface area is 150 Å². The second-order valence-corrected chi connectivity index (χ2v) is 7.01. The van der Waals surface area contributed by atoms with Crippen LogP contribution in [-0.4, -0.2) is 34.4 Å². The fraction of sp³-hybridized carbons (Fsp3) is 0.600. The maximum Gasteiger partial charge on any atom is 0.314 e. The van der Waals surface area contributed by atoms with Crippen LogP contribution >= 0.6 is 0 Å². The van der Waals surface area contributed by atoms with Gasteiger partial charge in [-0.15, -0.1) is 0 Å². The molecule has 25 heavy (non-hydrogen) atoms. The lowest BCUT2D eigenvalue weighted by molar-refractivity contribution is -0.159. The predicted octanol–water partition coefficient (Wildman–Crippen LogP) is 3.22. The zero-order valence-corrected chi connectivity index (χ0v) is 15.6. The largest absolute Gasteiger partial charge is 0.433 e. The van der Waals surface area contributed by atoms with Crippen molar-refractivity contribution in [1.82, 2.24) is 0 Å². The summed E-state index contributed by atoms with van der Waals surface area (Å²) in [6.45, 7) is 7.82. The van der Waals surface area contributed by atoms with E-state index in [1.54, 1.807) is 6.08 Å². The lowest BCUT2D eigenvalue weighted by Gasteiger charge is -2.09. The molecule has 0 aromatic rings. The number of hydrogen-bond acceptors (Lipinski definition) is 5. The number of ether oxygens (including phenoxy) is 1. The van der Waals surface area contributed by atoms with Crippen molar-refractivity contribution >= 4 is 11.8 Å². The molecule has 5 nitrogen and oxygen atoms in total. The molecule has 0 amide bonds. The standard InChI is InChI=1S/C20H30O5/c1-13(2)11-16(21)12-15(4)9-5-7-14(3)8-6-10-17-18(22)20(24)25-19(17)23/h8-9,11,17-18,20,22,24H,5-7,10,12H2,1-4H3/b14-8+,15-9+/t17-,18+,20+/m0/s1. The third kappa shape index (κ3) is 7.80. The first-order chi connectivity index (χ1) is 11.7. The number of allylic oxidation sites excluding steroid dienone is 6. The van der Waals surface area contributed by atoms with Crippen LogP contribution in [0.3, 0.4) is 0 Å². The van der Waals surface area contributed by atoms with Gasteiger partial charge in [0.15, 0.2) is 5.78 Å². The Kier molecular flexibility index (Phi) is 8.79. The van der Waals surface area contributed by atoms with Crippen molar-refractivity contribution < 1.29 is 24.5 Å².